The highest BCUT2D eigenvalue weighted by atomic mass is 35.5. The lowest BCUT2D eigenvalue weighted by atomic mass is 9.98. The molecule has 4 rings (SSSR count). The fourth-order valence-corrected chi connectivity index (χ4v) is 4.21. The van der Waals surface area contributed by atoms with Gasteiger partial charge in [0.15, 0.2) is 11.6 Å². The summed E-state index contributed by atoms with van der Waals surface area (Å²) in [6, 6.07) is 12.2. The number of rotatable bonds is 6. The number of hydrogen-bond acceptors (Lipinski definition) is 4. The van der Waals surface area contributed by atoms with Gasteiger partial charge in [0, 0.05) is 17.1 Å². The van der Waals surface area contributed by atoms with Crippen LogP contribution in [0.4, 0.5) is 25.0 Å². The third kappa shape index (κ3) is 4.91. The summed E-state index contributed by atoms with van der Waals surface area (Å²) < 4.78 is 34.8. The molecule has 182 valence electrons. The highest BCUT2D eigenvalue weighted by Gasteiger charge is 2.36. The summed E-state index contributed by atoms with van der Waals surface area (Å²) in [6.07, 6.45) is 0.228. The van der Waals surface area contributed by atoms with Crippen molar-refractivity contribution in [2.45, 2.75) is 19.1 Å². The summed E-state index contributed by atoms with van der Waals surface area (Å²) in [7, 11) is 1.32. The Bertz CT molecular complexity index is 1290. The molecule has 3 amide bonds. The molecule has 1 fully saturated rings. The maximum absolute atomic E-state index is 15.5. The van der Waals surface area contributed by atoms with Crippen molar-refractivity contribution in [2.75, 3.05) is 23.9 Å². The zero-order chi connectivity index (χ0) is 25.1. The number of aliphatic hydroxyl groups is 1. The van der Waals surface area contributed by atoms with Crippen molar-refractivity contribution < 1.29 is 28.2 Å². The van der Waals surface area contributed by atoms with Crippen LogP contribution in [0.5, 0.6) is 5.75 Å². The number of aliphatic hydroxyl groups excluding tert-OH is 1. The van der Waals surface area contributed by atoms with Crippen LogP contribution in [0.1, 0.15) is 12.0 Å². The summed E-state index contributed by atoms with van der Waals surface area (Å²) in [5.41, 5.74) is 1.55. The lowest BCUT2D eigenvalue weighted by molar-refractivity contribution is -0.118. The molecule has 0 saturated carbocycles. The molecule has 3 aromatic carbocycles. The van der Waals surface area contributed by atoms with E-state index in [0.717, 1.165) is 6.07 Å². The van der Waals surface area contributed by atoms with Crippen molar-refractivity contribution in [3.63, 3.8) is 0 Å². The largest absolute Gasteiger partial charge is 0.493 e. The zero-order valence-corrected chi connectivity index (χ0v) is 19.4. The van der Waals surface area contributed by atoms with Crippen LogP contribution < -0.4 is 20.3 Å². The van der Waals surface area contributed by atoms with Crippen LogP contribution >= 0.6 is 11.6 Å². The summed E-state index contributed by atoms with van der Waals surface area (Å²) in [6.45, 7) is -0.0750. The zero-order valence-electron chi connectivity index (χ0n) is 18.6. The lowest BCUT2D eigenvalue weighted by Gasteiger charge is -2.21. The quantitative estimate of drug-likeness (QED) is 0.456. The molecule has 7 nitrogen and oxygen atoms in total. The van der Waals surface area contributed by atoms with E-state index in [2.05, 4.69) is 10.6 Å². The first-order chi connectivity index (χ1) is 16.8. The maximum Gasteiger partial charge on any atom is 0.319 e. The summed E-state index contributed by atoms with van der Waals surface area (Å²) >= 11 is 5.71. The number of amides is 3. The van der Waals surface area contributed by atoms with Crippen LogP contribution in [-0.2, 0) is 11.4 Å². The van der Waals surface area contributed by atoms with E-state index in [1.165, 1.54) is 30.2 Å². The Hall–Kier alpha value is -3.69. The van der Waals surface area contributed by atoms with Gasteiger partial charge in [0.2, 0.25) is 5.91 Å². The van der Waals surface area contributed by atoms with Gasteiger partial charge < -0.3 is 25.4 Å². The monoisotopic (exact) mass is 501 g/mol. The SMILES string of the molecule is COc1c(-c2ccccc2CO)ccc(N2CC[C@@H](NC(=O)Nc3ccc(Cl)cc3F)C2=O)c1F. The van der Waals surface area contributed by atoms with Gasteiger partial charge in [-0.05, 0) is 47.9 Å². The molecule has 35 heavy (non-hydrogen) atoms. The summed E-state index contributed by atoms with van der Waals surface area (Å²) in [4.78, 5) is 26.5. The van der Waals surface area contributed by atoms with Crippen molar-refractivity contribution >= 4 is 34.9 Å². The number of urea groups is 1. The molecule has 0 aromatic heterocycles. The molecule has 0 radical (unpaired) electrons. The Kier molecular flexibility index (Phi) is 7.18. The Morgan fingerprint density at radius 2 is 1.94 bits per heavy atom. The van der Waals surface area contributed by atoms with Crippen molar-refractivity contribution in [3.8, 4) is 16.9 Å². The molecule has 0 aliphatic carbocycles. The van der Waals surface area contributed by atoms with Gasteiger partial charge in [0.1, 0.15) is 11.9 Å². The van der Waals surface area contributed by atoms with E-state index in [-0.39, 0.29) is 41.7 Å². The molecular formula is C25H22ClF2N3O4. The number of carbonyl (C=O) groups excluding carboxylic acids is 2. The third-order valence-electron chi connectivity index (χ3n) is 5.74. The van der Waals surface area contributed by atoms with Crippen molar-refractivity contribution in [1.82, 2.24) is 5.32 Å². The fourth-order valence-electron chi connectivity index (χ4n) is 4.05. The minimum atomic E-state index is -0.925. The van der Waals surface area contributed by atoms with Gasteiger partial charge in [-0.2, -0.15) is 0 Å². The van der Waals surface area contributed by atoms with E-state index in [9.17, 15) is 19.1 Å². The molecule has 1 aliphatic heterocycles. The number of nitrogens with zero attached hydrogens (tertiary/aromatic N) is 1. The van der Waals surface area contributed by atoms with E-state index in [1.807, 2.05) is 0 Å². The minimum absolute atomic E-state index is 0.00512. The molecular weight excluding hydrogens is 480 g/mol. The Balaban J connectivity index is 1.53. The van der Waals surface area contributed by atoms with Crippen LogP contribution in [0, 0.1) is 11.6 Å². The highest BCUT2D eigenvalue weighted by Crippen LogP contribution is 2.39. The topological polar surface area (TPSA) is 90.9 Å². The summed E-state index contributed by atoms with van der Waals surface area (Å²) in [5.74, 6) is -2.03. The lowest BCUT2D eigenvalue weighted by Crippen LogP contribution is -2.43. The number of nitrogens with one attached hydrogen (secondary N) is 2. The highest BCUT2D eigenvalue weighted by molar-refractivity contribution is 6.30. The average molecular weight is 502 g/mol. The number of hydrogen-bond donors (Lipinski definition) is 3. The predicted octanol–water partition coefficient (Wildman–Crippen LogP) is 4.71. The van der Waals surface area contributed by atoms with Crippen LogP contribution in [0.25, 0.3) is 11.1 Å². The fraction of sp³-hybridized carbons (Fsp3) is 0.200. The number of carbonyl (C=O) groups is 2. The molecule has 0 unspecified atom stereocenters. The molecule has 0 bridgehead atoms. The predicted molar refractivity (Wildman–Crippen MR) is 129 cm³/mol. The minimum Gasteiger partial charge on any atom is -0.493 e. The number of halogens is 3. The number of ether oxygens (including phenoxy) is 1. The van der Waals surface area contributed by atoms with Gasteiger partial charge in [0.05, 0.1) is 25.1 Å². The van der Waals surface area contributed by atoms with Gasteiger partial charge in [0.25, 0.3) is 0 Å². The summed E-state index contributed by atoms with van der Waals surface area (Å²) in [5, 5.41) is 14.7. The molecule has 1 aliphatic rings. The smallest absolute Gasteiger partial charge is 0.319 e. The van der Waals surface area contributed by atoms with E-state index in [0.29, 0.717) is 16.7 Å². The Morgan fingerprint density at radius 3 is 2.66 bits per heavy atom. The van der Waals surface area contributed by atoms with Gasteiger partial charge in [-0.1, -0.05) is 35.9 Å². The van der Waals surface area contributed by atoms with Crippen LogP contribution in [0.3, 0.4) is 0 Å². The van der Waals surface area contributed by atoms with Gasteiger partial charge >= 0.3 is 6.03 Å². The maximum atomic E-state index is 15.5. The second-order valence-electron chi connectivity index (χ2n) is 7.85. The van der Waals surface area contributed by atoms with E-state index >= 15 is 4.39 Å². The van der Waals surface area contributed by atoms with E-state index in [1.54, 1.807) is 30.3 Å². The van der Waals surface area contributed by atoms with E-state index in [4.69, 9.17) is 16.3 Å². The molecule has 1 saturated heterocycles. The van der Waals surface area contributed by atoms with Crippen molar-refractivity contribution in [3.05, 3.63) is 76.8 Å². The normalized spacial score (nSPS) is 15.3. The van der Waals surface area contributed by atoms with Crippen molar-refractivity contribution in [1.29, 1.82) is 0 Å². The van der Waals surface area contributed by atoms with Crippen LogP contribution in [0.2, 0.25) is 5.02 Å². The molecule has 0 spiro atoms. The second-order valence-corrected chi connectivity index (χ2v) is 8.28. The number of methoxy groups -OCH3 is 1. The van der Waals surface area contributed by atoms with Crippen molar-refractivity contribution in [2.24, 2.45) is 0 Å². The van der Waals surface area contributed by atoms with Gasteiger partial charge in [-0.25, -0.2) is 13.6 Å². The van der Waals surface area contributed by atoms with Crippen LogP contribution in [-0.4, -0.2) is 36.7 Å². The first-order valence-electron chi connectivity index (χ1n) is 10.7. The molecule has 10 heteroatoms. The van der Waals surface area contributed by atoms with Crippen LogP contribution in [0.15, 0.2) is 54.6 Å². The molecule has 1 atom stereocenters. The molecule has 3 N–H and O–H groups in total. The Labute approximate surface area is 205 Å². The number of anilines is 2. The standard InChI is InChI=1S/C25H22ClF2N3O4/c1-35-23-17(16-5-3-2-4-14(16)13-32)7-9-21(22(23)28)31-11-10-20(24(31)33)30-25(34)29-19-8-6-15(26)12-18(19)27/h2-9,12,20,32H,10-11,13H2,1H3,(H2,29,30,34)/t20-/m1/s1. The first-order valence-corrected chi connectivity index (χ1v) is 11.1. The van der Waals surface area contributed by atoms with Gasteiger partial charge in [-0.3, -0.25) is 4.79 Å². The first kappa shape index (κ1) is 24.4. The van der Waals surface area contributed by atoms with E-state index < -0.39 is 29.6 Å². The third-order valence-corrected chi connectivity index (χ3v) is 5.97. The molecule has 3 aromatic rings. The number of benzene rings is 3. The second kappa shape index (κ2) is 10.3. The molecule has 1 heterocycles. The average Bonchev–Trinajstić information content (AvgIpc) is 3.20. The Morgan fingerprint density at radius 1 is 1.17 bits per heavy atom. The van der Waals surface area contributed by atoms with Gasteiger partial charge in [-0.15, -0.1) is 0 Å².